The van der Waals surface area contributed by atoms with Crippen LogP contribution in [-0.2, 0) is 0 Å². The quantitative estimate of drug-likeness (QED) is 0.754. The fourth-order valence-corrected chi connectivity index (χ4v) is 4.26. The lowest BCUT2D eigenvalue weighted by Crippen LogP contribution is -2.47. The standard InChI is InChI=1S/C17H34N2O/c1-15(2)18-12-16(8-4-5-9-16)13-19(3)14-17(20)10-6-7-11-17/h15,18,20H,4-14H2,1-3H3. The summed E-state index contributed by atoms with van der Waals surface area (Å²) in [5, 5.41) is 14.2. The van der Waals surface area contributed by atoms with Gasteiger partial charge in [-0.2, -0.15) is 0 Å². The van der Waals surface area contributed by atoms with E-state index in [2.05, 4.69) is 31.1 Å². The normalized spacial score (nSPS) is 24.9. The second-order valence-corrected chi connectivity index (χ2v) is 7.85. The lowest BCUT2D eigenvalue weighted by molar-refractivity contribution is 0.00550. The number of nitrogens with zero attached hydrogens (tertiary/aromatic N) is 1. The molecular weight excluding hydrogens is 248 g/mol. The van der Waals surface area contributed by atoms with Gasteiger partial charge in [-0.3, -0.25) is 0 Å². The van der Waals surface area contributed by atoms with E-state index in [0.29, 0.717) is 11.5 Å². The lowest BCUT2D eigenvalue weighted by atomic mass is 9.84. The van der Waals surface area contributed by atoms with Crippen molar-refractivity contribution in [2.45, 2.75) is 76.9 Å². The first-order valence-corrected chi connectivity index (χ1v) is 8.58. The van der Waals surface area contributed by atoms with E-state index >= 15 is 0 Å². The van der Waals surface area contributed by atoms with Crippen LogP contribution in [0.5, 0.6) is 0 Å². The molecule has 0 unspecified atom stereocenters. The van der Waals surface area contributed by atoms with E-state index in [0.717, 1.165) is 32.5 Å². The van der Waals surface area contributed by atoms with Crippen molar-refractivity contribution in [3.05, 3.63) is 0 Å². The fourth-order valence-electron chi connectivity index (χ4n) is 4.26. The summed E-state index contributed by atoms with van der Waals surface area (Å²) in [6.45, 7) is 7.58. The summed E-state index contributed by atoms with van der Waals surface area (Å²) in [5.74, 6) is 0. The Morgan fingerprint density at radius 3 is 2.10 bits per heavy atom. The maximum atomic E-state index is 10.6. The van der Waals surface area contributed by atoms with Crippen LogP contribution in [0.2, 0.25) is 0 Å². The molecule has 3 nitrogen and oxygen atoms in total. The van der Waals surface area contributed by atoms with Crippen molar-refractivity contribution in [2.75, 3.05) is 26.7 Å². The number of likely N-dealkylation sites (N-methyl/N-ethyl adjacent to an activating group) is 1. The smallest absolute Gasteiger partial charge is 0.0774 e. The zero-order valence-electron chi connectivity index (χ0n) is 13.7. The second-order valence-electron chi connectivity index (χ2n) is 7.85. The molecule has 0 aromatic heterocycles. The summed E-state index contributed by atoms with van der Waals surface area (Å²) in [4.78, 5) is 2.40. The topological polar surface area (TPSA) is 35.5 Å². The summed E-state index contributed by atoms with van der Waals surface area (Å²) in [6.07, 6.45) is 9.82. The Morgan fingerprint density at radius 1 is 1.00 bits per heavy atom. The third-order valence-corrected chi connectivity index (χ3v) is 5.25. The van der Waals surface area contributed by atoms with Crippen LogP contribution < -0.4 is 5.32 Å². The maximum Gasteiger partial charge on any atom is 0.0774 e. The first-order chi connectivity index (χ1) is 9.43. The molecule has 118 valence electrons. The molecule has 0 aromatic rings. The fraction of sp³-hybridized carbons (Fsp3) is 1.00. The highest BCUT2D eigenvalue weighted by Crippen LogP contribution is 2.39. The van der Waals surface area contributed by atoms with Gasteiger partial charge in [-0.05, 0) is 38.1 Å². The predicted octanol–water partition coefficient (Wildman–Crippen LogP) is 2.78. The molecule has 2 fully saturated rings. The van der Waals surface area contributed by atoms with Gasteiger partial charge in [-0.1, -0.05) is 39.5 Å². The summed E-state index contributed by atoms with van der Waals surface area (Å²) in [5.41, 5.74) is 0.0357. The molecule has 0 saturated heterocycles. The molecule has 2 saturated carbocycles. The molecule has 2 N–H and O–H groups in total. The van der Waals surface area contributed by atoms with Crippen molar-refractivity contribution in [3.8, 4) is 0 Å². The van der Waals surface area contributed by atoms with Crippen LogP contribution in [0.15, 0.2) is 0 Å². The molecule has 0 atom stereocenters. The minimum atomic E-state index is -0.403. The third-order valence-electron chi connectivity index (χ3n) is 5.25. The van der Waals surface area contributed by atoms with Gasteiger partial charge in [-0.15, -0.1) is 0 Å². The molecule has 2 rings (SSSR count). The van der Waals surface area contributed by atoms with Crippen molar-refractivity contribution in [3.63, 3.8) is 0 Å². The number of hydrogen-bond donors (Lipinski definition) is 2. The molecule has 0 amide bonds. The number of nitrogens with one attached hydrogen (secondary N) is 1. The Kier molecular flexibility index (Phi) is 5.49. The van der Waals surface area contributed by atoms with Crippen molar-refractivity contribution >= 4 is 0 Å². The van der Waals surface area contributed by atoms with E-state index in [4.69, 9.17) is 0 Å². The van der Waals surface area contributed by atoms with Gasteiger partial charge in [0.05, 0.1) is 5.60 Å². The lowest BCUT2D eigenvalue weighted by Gasteiger charge is -2.37. The summed E-state index contributed by atoms with van der Waals surface area (Å²) in [6, 6.07) is 0.566. The first kappa shape index (κ1) is 16.3. The Balaban J connectivity index is 1.87. The summed E-state index contributed by atoms with van der Waals surface area (Å²) < 4.78 is 0. The van der Waals surface area contributed by atoms with Crippen LogP contribution in [0.3, 0.4) is 0 Å². The summed E-state index contributed by atoms with van der Waals surface area (Å²) in [7, 11) is 2.20. The van der Waals surface area contributed by atoms with Crippen LogP contribution >= 0.6 is 0 Å². The van der Waals surface area contributed by atoms with Gasteiger partial charge in [0.25, 0.3) is 0 Å². The molecule has 3 heteroatoms. The minimum absolute atomic E-state index is 0.403. The van der Waals surface area contributed by atoms with Gasteiger partial charge in [0.2, 0.25) is 0 Å². The van der Waals surface area contributed by atoms with Crippen molar-refractivity contribution in [1.82, 2.24) is 10.2 Å². The Morgan fingerprint density at radius 2 is 1.55 bits per heavy atom. The highest BCUT2D eigenvalue weighted by molar-refractivity contribution is 4.92. The van der Waals surface area contributed by atoms with Crippen LogP contribution in [-0.4, -0.2) is 48.3 Å². The van der Waals surface area contributed by atoms with Crippen molar-refractivity contribution in [2.24, 2.45) is 5.41 Å². The number of rotatable bonds is 7. The highest BCUT2D eigenvalue weighted by Gasteiger charge is 2.37. The van der Waals surface area contributed by atoms with Gasteiger partial charge in [0.15, 0.2) is 0 Å². The Bertz CT molecular complexity index is 291. The molecule has 0 bridgehead atoms. The summed E-state index contributed by atoms with van der Waals surface area (Å²) >= 11 is 0. The van der Waals surface area contributed by atoms with Gasteiger partial charge in [-0.25, -0.2) is 0 Å². The predicted molar refractivity (Wildman–Crippen MR) is 85.0 cm³/mol. The van der Waals surface area contributed by atoms with E-state index < -0.39 is 5.60 Å². The zero-order chi connectivity index (χ0) is 14.6. The van der Waals surface area contributed by atoms with Gasteiger partial charge >= 0.3 is 0 Å². The SMILES string of the molecule is CC(C)NCC1(CN(C)CC2(O)CCCC2)CCCC1. The highest BCUT2D eigenvalue weighted by atomic mass is 16.3. The Hall–Kier alpha value is -0.120. The van der Waals surface area contributed by atoms with Gasteiger partial charge in [0.1, 0.15) is 0 Å². The first-order valence-electron chi connectivity index (χ1n) is 8.58. The van der Waals surface area contributed by atoms with E-state index in [1.165, 1.54) is 38.5 Å². The molecule has 20 heavy (non-hydrogen) atoms. The molecule has 2 aliphatic rings. The average Bonchev–Trinajstić information content (AvgIpc) is 2.97. The number of hydrogen-bond acceptors (Lipinski definition) is 3. The molecule has 0 heterocycles. The van der Waals surface area contributed by atoms with E-state index in [1.54, 1.807) is 0 Å². The van der Waals surface area contributed by atoms with Gasteiger partial charge in [0, 0.05) is 25.7 Å². The molecule has 0 aromatic carbocycles. The maximum absolute atomic E-state index is 10.6. The largest absolute Gasteiger partial charge is 0.389 e. The number of aliphatic hydroxyl groups is 1. The molecule has 0 aliphatic heterocycles. The molecule has 0 spiro atoms. The average molecular weight is 282 g/mol. The van der Waals surface area contributed by atoms with Crippen LogP contribution in [0, 0.1) is 5.41 Å². The van der Waals surface area contributed by atoms with Crippen LogP contribution in [0.25, 0.3) is 0 Å². The van der Waals surface area contributed by atoms with Crippen LogP contribution in [0.4, 0.5) is 0 Å². The molecular formula is C17H34N2O. The van der Waals surface area contributed by atoms with Crippen molar-refractivity contribution in [1.29, 1.82) is 0 Å². The Labute approximate surface area is 125 Å². The van der Waals surface area contributed by atoms with Crippen molar-refractivity contribution < 1.29 is 5.11 Å². The second kappa shape index (κ2) is 6.76. The third kappa shape index (κ3) is 4.44. The van der Waals surface area contributed by atoms with E-state index in [-0.39, 0.29) is 0 Å². The zero-order valence-corrected chi connectivity index (χ0v) is 13.7. The van der Waals surface area contributed by atoms with E-state index in [1.807, 2.05) is 0 Å². The van der Waals surface area contributed by atoms with Crippen LogP contribution in [0.1, 0.15) is 65.2 Å². The minimum Gasteiger partial charge on any atom is -0.389 e. The van der Waals surface area contributed by atoms with Gasteiger partial charge < -0.3 is 15.3 Å². The monoisotopic (exact) mass is 282 g/mol. The molecule has 2 aliphatic carbocycles. The van der Waals surface area contributed by atoms with E-state index in [9.17, 15) is 5.11 Å². The molecule has 0 radical (unpaired) electrons.